The lowest BCUT2D eigenvalue weighted by Crippen LogP contribution is -2.37. The molecule has 2 aromatic carbocycles. The van der Waals surface area contributed by atoms with Crippen molar-refractivity contribution < 1.29 is 9.13 Å². The Morgan fingerprint density at radius 2 is 1.85 bits per heavy atom. The number of hydrogen-bond donors (Lipinski definition) is 0. The minimum Gasteiger partial charge on any atom is -0.490 e. The fraction of sp³-hybridized carbons (Fsp3) is 0.318. The van der Waals surface area contributed by atoms with E-state index in [9.17, 15) is 4.39 Å². The lowest BCUT2D eigenvalue weighted by molar-refractivity contribution is 0.0979. The van der Waals surface area contributed by atoms with Gasteiger partial charge in [0.1, 0.15) is 17.7 Å². The van der Waals surface area contributed by atoms with Crippen molar-refractivity contribution in [2.24, 2.45) is 0 Å². The van der Waals surface area contributed by atoms with E-state index >= 15 is 0 Å². The van der Waals surface area contributed by atoms with Crippen LogP contribution in [0.2, 0.25) is 0 Å². The first-order valence-electron chi connectivity index (χ1n) is 9.17. The molecule has 1 saturated heterocycles. The van der Waals surface area contributed by atoms with Crippen molar-refractivity contribution >= 4 is 10.9 Å². The summed E-state index contributed by atoms with van der Waals surface area (Å²) in [6.45, 7) is 4.95. The fourth-order valence-electron chi connectivity index (χ4n) is 3.60. The predicted octanol–water partition coefficient (Wildman–Crippen LogP) is 4.73. The van der Waals surface area contributed by atoms with Gasteiger partial charge in [-0.1, -0.05) is 30.3 Å². The van der Waals surface area contributed by atoms with Crippen LogP contribution >= 0.6 is 0 Å². The van der Waals surface area contributed by atoms with Crippen LogP contribution in [0.25, 0.3) is 10.9 Å². The molecule has 3 aromatic rings. The highest BCUT2D eigenvalue weighted by Gasteiger charge is 2.21. The molecular formula is C22H23FN2O. The minimum absolute atomic E-state index is 0.192. The van der Waals surface area contributed by atoms with Crippen LogP contribution in [0.15, 0.2) is 54.6 Å². The number of piperidine rings is 1. The van der Waals surface area contributed by atoms with E-state index in [-0.39, 0.29) is 11.9 Å². The van der Waals surface area contributed by atoms with Gasteiger partial charge in [-0.3, -0.25) is 9.88 Å². The van der Waals surface area contributed by atoms with Crippen LogP contribution < -0.4 is 4.74 Å². The molecule has 26 heavy (non-hydrogen) atoms. The number of rotatable bonds is 4. The van der Waals surface area contributed by atoms with Gasteiger partial charge in [-0.05, 0) is 37.5 Å². The van der Waals surface area contributed by atoms with E-state index in [1.165, 1.54) is 17.7 Å². The Morgan fingerprint density at radius 1 is 1.08 bits per heavy atom. The Kier molecular flexibility index (Phi) is 4.85. The van der Waals surface area contributed by atoms with Crippen molar-refractivity contribution in [1.82, 2.24) is 9.88 Å². The van der Waals surface area contributed by atoms with Crippen molar-refractivity contribution in [2.45, 2.75) is 32.4 Å². The molecular weight excluding hydrogens is 327 g/mol. The Bertz CT molecular complexity index is 884. The van der Waals surface area contributed by atoms with Crippen molar-refractivity contribution in [3.8, 4) is 5.75 Å². The number of aryl methyl sites for hydroxylation is 1. The summed E-state index contributed by atoms with van der Waals surface area (Å²) in [5.41, 5.74) is 2.85. The summed E-state index contributed by atoms with van der Waals surface area (Å²) in [6.07, 6.45) is 2.19. The maximum atomic E-state index is 13.5. The second-order valence-electron chi connectivity index (χ2n) is 7.00. The van der Waals surface area contributed by atoms with Gasteiger partial charge in [0, 0.05) is 42.8 Å². The highest BCUT2D eigenvalue weighted by Crippen LogP contribution is 2.29. The molecule has 0 saturated carbocycles. The Morgan fingerprint density at radius 3 is 2.62 bits per heavy atom. The molecule has 4 rings (SSSR count). The van der Waals surface area contributed by atoms with Gasteiger partial charge in [-0.2, -0.15) is 0 Å². The highest BCUT2D eigenvalue weighted by atomic mass is 19.1. The van der Waals surface area contributed by atoms with Crippen LogP contribution in [0.5, 0.6) is 5.75 Å². The number of halogens is 1. The zero-order chi connectivity index (χ0) is 17.9. The number of nitrogens with zero attached hydrogens (tertiary/aromatic N) is 2. The summed E-state index contributed by atoms with van der Waals surface area (Å²) in [5, 5.41) is 0.878. The van der Waals surface area contributed by atoms with Crippen molar-refractivity contribution in [3.63, 3.8) is 0 Å². The molecule has 0 spiro atoms. The lowest BCUT2D eigenvalue weighted by Gasteiger charge is -2.32. The minimum atomic E-state index is -0.268. The summed E-state index contributed by atoms with van der Waals surface area (Å²) < 4.78 is 19.8. The van der Waals surface area contributed by atoms with E-state index < -0.39 is 0 Å². The molecule has 0 bridgehead atoms. The van der Waals surface area contributed by atoms with Gasteiger partial charge >= 0.3 is 0 Å². The third-order valence-electron chi connectivity index (χ3n) is 4.94. The Hall–Kier alpha value is -2.46. The smallest absolute Gasteiger partial charge is 0.130 e. The molecule has 1 aliphatic heterocycles. The number of fused-ring (bicyclic) bond motifs is 1. The fourth-order valence-corrected chi connectivity index (χ4v) is 3.60. The Labute approximate surface area is 153 Å². The lowest BCUT2D eigenvalue weighted by atomic mass is 10.1. The predicted molar refractivity (Wildman–Crippen MR) is 102 cm³/mol. The van der Waals surface area contributed by atoms with Gasteiger partial charge in [0.15, 0.2) is 0 Å². The van der Waals surface area contributed by atoms with E-state index in [0.717, 1.165) is 49.3 Å². The van der Waals surface area contributed by atoms with Crippen LogP contribution in [0.1, 0.15) is 24.1 Å². The standard InChI is InChI=1S/C22H23FN2O/c1-16-13-22(20-8-7-18(23)14-21(20)24-16)26-19-9-11-25(12-10-19)15-17-5-3-2-4-6-17/h2-8,13-14,19H,9-12,15H2,1H3. The van der Waals surface area contributed by atoms with Crippen molar-refractivity contribution in [3.05, 3.63) is 71.7 Å². The van der Waals surface area contributed by atoms with Crippen LogP contribution in [0.3, 0.4) is 0 Å². The van der Waals surface area contributed by atoms with E-state index in [2.05, 4.69) is 40.2 Å². The number of hydrogen-bond acceptors (Lipinski definition) is 3. The van der Waals surface area contributed by atoms with Crippen molar-refractivity contribution in [2.75, 3.05) is 13.1 Å². The normalized spacial score (nSPS) is 16.1. The first-order valence-corrected chi connectivity index (χ1v) is 9.17. The number of likely N-dealkylation sites (tertiary alicyclic amines) is 1. The topological polar surface area (TPSA) is 25.4 Å². The molecule has 2 heterocycles. The van der Waals surface area contributed by atoms with Gasteiger partial charge in [0.2, 0.25) is 0 Å². The van der Waals surface area contributed by atoms with Gasteiger partial charge < -0.3 is 4.74 Å². The quantitative estimate of drug-likeness (QED) is 0.680. The molecule has 1 aliphatic rings. The molecule has 3 nitrogen and oxygen atoms in total. The molecule has 0 atom stereocenters. The third kappa shape index (κ3) is 3.86. The zero-order valence-corrected chi connectivity index (χ0v) is 15.0. The van der Waals surface area contributed by atoms with Gasteiger partial charge in [-0.25, -0.2) is 4.39 Å². The average Bonchev–Trinajstić information content (AvgIpc) is 2.64. The number of ether oxygens (including phenoxy) is 1. The maximum absolute atomic E-state index is 13.5. The van der Waals surface area contributed by atoms with E-state index in [1.54, 1.807) is 6.07 Å². The number of pyridine rings is 1. The summed E-state index contributed by atoms with van der Waals surface area (Å²) in [6, 6.07) is 17.2. The maximum Gasteiger partial charge on any atom is 0.130 e. The summed E-state index contributed by atoms with van der Waals surface area (Å²) in [7, 11) is 0. The number of aromatic nitrogens is 1. The second-order valence-corrected chi connectivity index (χ2v) is 7.00. The molecule has 0 unspecified atom stereocenters. The van der Waals surface area contributed by atoms with Crippen LogP contribution in [0.4, 0.5) is 4.39 Å². The van der Waals surface area contributed by atoms with E-state index in [1.807, 2.05) is 13.0 Å². The SMILES string of the molecule is Cc1cc(OC2CCN(Cc3ccccc3)CC2)c2ccc(F)cc2n1. The third-order valence-corrected chi connectivity index (χ3v) is 4.94. The highest BCUT2D eigenvalue weighted by molar-refractivity contribution is 5.85. The molecule has 1 aromatic heterocycles. The first-order chi connectivity index (χ1) is 12.7. The van der Waals surface area contributed by atoms with Gasteiger partial charge in [0.25, 0.3) is 0 Å². The van der Waals surface area contributed by atoms with E-state index in [4.69, 9.17) is 4.74 Å². The molecule has 134 valence electrons. The van der Waals surface area contributed by atoms with E-state index in [0.29, 0.717) is 5.52 Å². The van der Waals surface area contributed by atoms with Crippen LogP contribution in [0, 0.1) is 12.7 Å². The van der Waals surface area contributed by atoms with Crippen molar-refractivity contribution in [1.29, 1.82) is 0 Å². The summed E-state index contributed by atoms with van der Waals surface area (Å²) in [5.74, 6) is 0.546. The van der Waals surface area contributed by atoms with Crippen LogP contribution in [-0.2, 0) is 6.54 Å². The average molecular weight is 350 g/mol. The molecule has 1 fully saturated rings. The monoisotopic (exact) mass is 350 g/mol. The molecule has 0 aliphatic carbocycles. The zero-order valence-electron chi connectivity index (χ0n) is 15.0. The molecule has 0 amide bonds. The second kappa shape index (κ2) is 7.42. The Balaban J connectivity index is 1.42. The first kappa shape index (κ1) is 17.0. The molecule has 0 radical (unpaired) electrons. The summed E-state index contributed by atoms with van der Waals surface area (Å²) in [4.78, 5) is 6.89. The molecule has 4 heteroatoms. The van der Waals surface area contributed by atoms with Crippen LogP contribution in [-0.4, -0.2) is 29.1 Å². The van der Waals surface area contributed by atoms with Gasteiger partial charge in [0.05, 0.1) is 5.52 Å². The largest absolute Gasteiger partial charge is 0.490 e. The number of benzene rings is 2. The van der Waals surface area contributed by atoms with Gasteiger partial charge in [-0.15, -0.1) is 0 Å². The molecule has 0 N–H and O–H groups in total. The summed E-state index contributed by atoms with van der Waals surface area (Å²) >= 11 is 0.